The molecule has 5 rings (SSSR count). The Morgan fingerprint density at radius 2 is 1.88 bits per heavy atom. The zero-order valence-electron chi connectivity index (χ0n) is 17.7. The lowest BCUT2D eigenvalue weighted by Crippen LogP contribution is -2.18. The molecule has 0 amide bonds. The lowest BCUT2D eigenvalue weighted by atomic mass is 10.1. The highest BCUT2D eigenvalue weighted by Crippen LogP contribution is 2.33. The van der Waals surface area contributed by atoms with Crippen LogP contribution in [0, 0.1) is 18.6 Å². The highest BCUT2D eigenvalue weighted by atomic mass is 19.1. The van der Waals surface area contributed by atoms with Crippen molar-refractivity contribution in [3.63, 3.8) is 0 Å². The van der Waals surface area contributed by atoms with Gasteiger partial charge in [-0.15, -0.1) is 0 Å². The lowest BCUT2D eigenvalue weighted by Gasteiger charge is -2.19. The van der Waals surface area contributed by atoms with E-state index in [1.807, 2.05) is 43.3 Å². The molecule has 7 nitrogen and oxygen atoms in total. The molecule has 2 heterocycles. The first kappa shape index (κ1) is 21.0. The van der Waals surface area contributed by atoms with Gasteiger partial charge in [0.05, 0.1) is 0 Å². The number of hydroxylamine groups is 1. The number of fused-ring (bicyclic) bond motifs is 1. The first-order valence-corrected chi connectivity index (χ1v) is 10.4. The van der Waals surface area contributed by atoms with Crippen molar-refractivity contribution in [3.05, 3.63) is 82.4 Å². The second-order valence-corrected chi connectivity index (χ2v) is 7.71. The standard InChI is InChI=1S/C24H21F2N3O4/c1-13-2-4-15(23-28-24(33-29-23)16-5-6-17(25)22(30)21(16)26)11-18(13)27-12-14-3-7-19-20(10-14)32-9-8-31-19/h2-7,10-11,24,27,30H,8-9,12H2,1H3,(H,28,29). The molecule has 3 aromatic rings. The summed E-state index contributed by atoms with van der Waals surface area (Å²) in [5, 5.41) is 12.9. The Hall–Kier alpha value is -3.85. The quantitative estimate of drug-likeness (QED) is 0.533. The summed E-state index contributed by atoms with van der Waals surface area (Å²) in [6, 6.07) is 13.7. The lowest BCUT2D eigenvalue weighted by molar-refractivity contribution is 0.0352. The van der Waals surface area contributed by atoms with Crippen LogP contribution in [0.1, 0.15) is 28.5 Å². The summed E-state index contributed by atoms with van der Waals surface area (Å²) in [6.45, 7) is 3.63. The van der Waals surface area contributed by atoms with Crippen molar-refractivity contribution in [3.8, 4) is 17.2 Å². The van der Waals surface area contributed by atoms with Crippen LogP contribution < -0.4 is 20.3 Å². The van der Waals surface area contributed by atoms with Crippen LogP contribution >= 0.6 is 0 Å². The number of anilines is 1. The Morgan fingerprint density at radius 1 is 1.06 bits per heavy atom. The predicted octanol–water partition coefficient (Wildman–Crippen LogP) is 4.34. The minimum absolute atomic E-state index is 0.0690. The molecule has 2 aliphatic rings. The monoisotopic (exact) mass is 453 g/mol. The third kappa shape index (κ3) is 4.14. The van der Waals surface area contributed by atoms with E-state index in [9.17, 15) is 13.9 Å². The fourth-order valence-corrected chi connectivity index (χ4v) is 3.65. The van der Waals surface area contributed by atoms with Crippen LogP contribution in [0.4, 0.5) is 14.5 Å². The van der Waals surface area contributed by atoms with E-state index >= 15 is 0 Å². The van der Waals surface area contributed by atoms with Crippen LogP contribution in [0.5, 0.6) is 17.2 Å². The van der Waals surface area contributed by atoms with Crippen LogP contribution in [-0.2, 0) is 11.4 Å². The minimum Gasteiger partial charge on any atom is -0.503 e. The van der Waals surface area contributed by atoms with Crippen LogP contribution in [0.3, 0.4) is 0 Å². The largest absolute Gasteiger partial charge is 0.503 e. The number of ether oxygens (including phenoxy) is 2. The topological polar surface area (TPSA) is 84.3 Å². The second kappa shape index (κ2) is 8.59. The zero-order chi connectivity index (χ0) is 22.9. The van der Waals surface area contributed by atoms with E-state index in [-0.39, 0.29) is 5.56 Å². The van der Waals surface area contributed by atoms with E-state index < -0.39 is 23.6 Å². The molecule has 1 unspecified atom stereocenters. The molecule has 3 N–H and O–H groups in total. The number of amidine groups is 1. The van der Waals surface area contributed by atoms with Gasteiger partial charge in [-0.2, -0.15) is 0 Å². The van der Waals surface area contributed by atoms with Crippen molar-refractivity contribution < 1.29 is 28.2 Å². The molecule has 3 aromatic carbocycles. The van der Waals surface area contributed by atoms with Gasteiger partial charge in [0, 0.05) is 23.4 Å². The number of phenols is 1. The summed E-state index contributed by atoms with van der Waals surface area (Å²) >= 11 is 0. The second-order valence-electron chi connectivity index (χ2n) is 7.71. The normalized spacial score (nSPS) is 16.8. The SMILES string of the molecule is Cc1ccc(C2=NC(c3ccc(F)c(O)c3F)ON2)cc1NCc1ccc2c(c1)OCCO2. The van der Waals surface area contributed by atoms with Gasteiger partial charge in [0.15, 0.2) is 34.7 Å². The number of phenolic OH excluding ortho intramolecular Hbond substituents is 1. The smallest absolute Gasteiger partial charge is 0.205 e. The van der Waals surface area contributed by atoms with Crippen molar-refractivity contribution in [1.29, 1.82) is 0 Å². The van der Waals surface area contributed by atoms with Gasteiger partial charge >= 0.3 is 0 Å². The van der Waals surface area contributed by atoms with Gasteiger partial charge in [0.25, 0.3) is 0 Å². The maximum atomic E-state index is 14.2. The maximum absolute atomic E-state index is 14.2. The van der Waals surface area contributed by atoms with Crippen molar-refractivity contribution >= 4 is 11.5 Å². The average molecular weight is 453 g/mol. The van der Waals surface area contributed by atoms with Gasteiger partial charge in [-0.05, 0) is 48.4 Å². The molecule has 0 fully saturated rings. The molecule has 9 heteroatoms. The summed E-state index contributed by atoms with van der Waals surface area (Å²) in [7, 11) is 0. The summed E-state index contributed by atoms with van der Waals surface area (Å²) in [5.41, 5.74) is 6.30. The van der Waals surface area contributed by atoms with Gasteiger partial charge in [-0.1, -0.05) is 18.2 Å². The molecule has 33 heavy (non-hydrogen) atoms. The molecule has 0 spiro atoms. The van der Waals surface area contributed by atoms with E-state index in [0.717, 1.165) is 39.9 Å². The molecule has 0 saturated carbocycles. The molecule has 1 atom stereocenters. The van der Waals surface area contributed by atoms with Gasteiger partial charge in [-0.3, -0.25) is 0 Å². The molecular formula is C24H21F2N3O4. The molecule has 2 aliphatic heterocycles. The molecule has 0 aromatic heterocycles. The molecule has 170 valence electrons. The number of nitrogens with one attached hydrogen (secondary N) is 2. The van der Waals surface area contributed by atoms with Gasteiger partial charge in [-0.25, -0.2) is 24.1 Å². The fourth-order valence-electron chi connectivity index (χ4n) is 3.65. The molecular weight excluding hydrogens is 432 g/mol. The van der Waals surface area contributed by atoms with Crippen molar-refractivity contribution in [2.24, 2.45) is 4.99 Å². The molecule has 0 radical (unpaired) electrons. The average Bonchev–Trinajstić information content (AvgIpc) is 3.32. The predicted molar refractivity (Wildman–Crippen MR) is 117 cm³/mol. The van der Waals surface area contributed by atoms with E-state index in [1.54, 1.807) is 0 Å². The first-order valence-electron chi connectivity index (χ1n) is 10.4. The van der Waals surface area contributed by atoms with Crippen molar-refractivity contribution in [2.75, 3.05) is 18.5 Å². The Morgan fingerprint density at radius 3 is 2.73 bits per heavy atom. The zero-order valence-corrected chi connectivity index (χ0v) is 17.7. The number of nitrogens with zero attached hydrogens (tertiary/aromatic N) is 1. The van der Waals surface area contributed by atoms with Crippen molar-refractivity contribution in [2.45, 2.75) is 19.7 Å². The Labute approximate surface area is 188 Å². The third-order valence-corrected chi connectivity index (χ3v) is 5.48. The Bertz CT molecular complexity index is 1250. The van der Waals surface area contributed by atoms with E-state index in [1.165, 1.54) is 6.07 Å². The fraction of sp³-hybridized carbons (Fsp3) is 0.208. The van der Waals surface area contributed by atoms with E-state index in [2.05, 4.69) is 15.8 Å². The van der Waals surface area contributed by atoms with Gasteiger partial charge < -0.3 is 19.9 Å². The molecule has 0 saturated heterocycles. The number of hydrogen-bond donors (Lipinski definition) is 3. The number of halogens is 2. The summed E-state index contributed by atoms with van der Waals surface area (Å²) in [5.74, 6) is -1.32. The van der Waals surface area contributed by atoms with Crippen LogP contribution in [0.2, 0.25) is 0 Å². The third-order valence-electron chi connectivity index (χ3n) is 5.48. The van der Waals surface area contributed by atoms with Crippen molar-refractivity contribution in [1.82, 2.24) is 5.48 Å². The van der Waals surface area contributed by atoms with E-state index in [4.69, 9.17) is 14.3 Å². The minimum atomic E-state index is -1.10. The van der Waals surface area contributed by atoms with Gasteiger partial charge in [0.1, 0.15) is 13.2 Å². The van der Waals surface area contributed by atoms with Crippen LogP contribution in [0.15, 0.2) is 53.5 Å². The summed E-state index contributed by atoms with van der Waals surface area (Å²) < 4.78 is 38.8. The highest BCUT2D eigenvalue weighted by molar-refractivity contribution is 5.99. The highest BCUT2D eigenvalue weighted by Gasteiger charge is 2.26. The number of aryl methyl sites for hydroxylation is 1. The first-order chi connectivity index (χ1) is 16.0. The number of hydrogen-bond acceptors (Lipinski definition) is 7. The number of rotatable bonds is 5. The van der Waals surface area contributed by atoms with Crippen LogP contribution in [0.25, 0.3) is 0 Å². The molecule has 0 aliphatic carbocycles. The summed E-state index contributed by atoms with van der Waals surface area (Å²) in [6.07, 6.45) is -1.05. The summed E-state index contributed by atoms with van der Waals surface area (Å²) in [4.78, 5) is 9.71. The number of aromatic hydroxyl groups is 1. The van der Waals surface area contributed by atoms with Crippen LogP contribution in [-0.4, -0.2) is 24.2 Å². The Kier molecular flexibility index (Phi) is 5.47. The maximum Gasteiger partial charge on any atom is 0.205 e. The number of benzene rings is 3. The van der Waals surface area contributed by atoms with Gasteiger partial charge in [0.2, 0.25) is 6.23 Å². The number of aliphatic imine (C=N–C) groups is 1. The molecule has 0 bridgehead atoms. The van der Waals surface area contributed by atoms with E-state index in [0.29, 0.717) is 25.6 Å². The Balaban J connectivity index is 1.34.